The highest BCUT2D eigenvalue weighted by Crippen LogP contribution is 2.17. The summed E-state index contributed by atoms with van der Waals surface area (Å²) in [5.74, 6) is -0.543. The van der Waals surface area contributed by atoms with Crippen LogP contribution < -0.4 is 16.4 Å². The first-order valence-electron chi connectivity index (χ1n) is 9.76. The molecule has 3 aromatic carbocycles. The molecular formula is C24H19N3O4. The second kappa shape index (κ2) is 8.23. The van der Waals surface area contributed by atoms with E-state index in [1.165, 1.54) is 10.6 Å². The standard InChI is InChI=1S/C24H19N3O4/c1-2-27-20-12-11-17(14-19(20)26-23(30)24(27)31)22(29)25-18-10-6-9-16(13-18)21(28)15-7-4-3-5-8-15/h3-14H,2H2,1H3,(H,25,29)(H,26,30). The summed E-state index contributed by atoms with van der Waals surface area (Å²) in [6, 6.07) is 20.3. The third-order valence-corrected chi connectivity index (χ3v) is 4.97. The van der Waals surface area contributed by atoms with Gasteiger partial charge in [-0.15, -0.1) is 0 Å². The number of H-pyrrole nitrogens is 1. The number of fused-ring (bicyclic) bond motifs is 1. The minimum atomic E-state index is -0.737. The Bertz CT molecular complexity index is 1420. The second-order valence-corrected chi connectivity index (χ2v) is 6.97. The van der Waals surface area contributed by atoms with Crippen LogP contribution in [0.15, 0.2) is 82.4 Å². The summed E-state index contributed by atoms with van der Waals surface area (Å²) in [7, 11) is 0. The van der Waals surface area contributed by atoms with E-state index < -0.39 is 17.0 Å². The summed E-state index contributed by atoms with van der Waals surface area (Å²) < 4.78 is 1.36. The molecule has 0 bridgehead atoms. The third kappa shape index (κ3) is 3.93. The highest BCUT2D eigenvalue weighted by molar-refractivity contribution is 6.10. The molecule has 7 heteroatoms. The molecule has 0 atom stereocenters. The molecule has 1 aromatic heterocycles. The van der Waals surface area contributed by atoms with Crippen molar-refractivity contribution in [3.63, 3.8) is 0 Å². The summed E-state index contributed by atoms with van der Waals surface area (Å²) >= 11 is 0. The quantitative estimate of drug-likeness (QED) is 0.388. The highest BCUT2D eigenvalue weighted by Gasteiger charge is 2.13. The van der Waals surface area contributed by atoms with Gasteiger partial charge in [0.1, 0.15) is 0 Å². The first-order chi connectivity index (χ1) is 15.0. The largest absolute Gasteiger partial charge is 0.322 e. The van der Waals surface area contributed by atoms with Crippen molar-refractivity contribution in [3.8, 4) is 0 Å². The Morgan fingerprint density at radius 1 is 0.871 bits per heavy atom. The number of amides is 1. The summed E-state index contributed by atoms with van der Waals surface area (Å²) in [6.07, 6.45) is 0. The van der Waals surface area contributed by atoms with Crippen LogP contribution >= 0.6 is 0 Å². The maximum atomic E-state index is 12.8. The molecule has 0 aliphatic carbocycles. The predicted octanol–water partition coefficient (Wildman–Crippen LogP) is 3.19. The summed E-state index contributed by atoms with van der Waals surface area (Å²) in [5.41, 5.74) is 1.37. The lowest BCUT2D eigenvalue weighted by Gasteiger charge is -2.10. The average molecular weight is 413 g/mol. The Kier molecular flexibility index (Phi) is 5.32. The van der Waals surface area contributed by atoms with E-state index in [4.69, 9.17) is 0 Å². The Morgan fingerprint density at radius 2 is 1.61 bits per heavy atom. The van der Waals surface area contributed by atoms with Gasteiger partial charge in [0, 0.05) is 28.9 Å². The van der Waals surface area contributed by atoms with Gasteiger partial charge in [-0.2, -0.15) is 0 Å². The van der Waals surface area contributed by atoms with Gasteiger partial charge in [0.25, 0.3) is 5.91 Å². The van der Waals surface area contributed by atoms with Crippen molar-refractivity contribution in [1.82, 2.24) is 9.55 Å². The number of nitrogens with zero attached hydrogens (tertiary/aromatic N) is 1. The molecular weight excluding hydrogens is 394 g/mol. The first kappa shape index (κ1) is 20.0. The van der Waals surface area contributed by atoms with E-state index in [0.717, 1.165) is 0 Å². The number of aryl methyl sites for hydroxylation is 1. The van der Waals surface area contributed by atoms with Crippen LogP contribution in [0.3, 0.4) is 0 Å². The summed E-state index contributed by atoms with van der Waals surface area (Å²) in [4.78, 5) is 51.8. The van der Waals surface area contributed by atoms with Gasteiger partial charge in [0.2, 0.25) is 0 Å². The molecule has 1 amide bonds. The van der Waals surface area contributed by atoms with E-state index in [1.807, 2.05) is 6.07 Å². The lowest BCUT2D eigenvalue weighted by Crippen LogP contribution is -2.36. The number of rotatable bonds is 5. The molecule has 0 spiro atoms. The number of nitrogens with one attached hydrogen (secondary N) is 2. The van der Waals surface area contributed by atoms with Crippen molar-refractivity contribution in [2.45, 2.75) is 13.5 Å². The molecule has 0 radical (unpaired) electrons. The van der Waals surface area contributed by atoms with Gasteiger partial charge < -0.3 is 14.9 Å². The Morgan fingerprint density at radius 3 is 2.35 bits per heavy atom. The molecule has 4 aromatic rings. The Hall–Kier alpha value is -4.26. The zero-order chi connectivity index (χ0) is 22.0. The van der Waals surface area contributed by atoms with Gasteiger partial charge in [-0.3, -0.25) is 19.2 Å². The lowest BCUT2D eigenvalue weighted by atomic mass is 10.0. The van der Waals surface area contributed by atoms with Gasteiger partial charge in [-0.25, -0.2) is 0 Å². The van der Waals surface area contributed by atoms with Crippen LogP contribution in [0.4, 0.5) is 5.69 Å². The van der Waals surface area contributed by atoms with E-state index in [-0.39, 0.29) is 5.78 Å². The molecule has 0 saturated heterocycles. The number of aromatic nitrogens is 2. The number of carbonyl (C=O) groups excluding carboxylic acids is 2. The second-order valence-electron chi connectivity index (χ2n) is 6.97. The molecule has 2 N–H and O–H groups in total. The van der Waals surface area contributed by atoms with Crippen LogP contribution in [0.5, 0.6) is 0 Å². The van der Waals surface area contributed by atoms with E-state index in [2.05, 4.69) is 10.3 Å². The van der Waals surface area contributed by atoms with Crippen molar-refractivity contribution in [2.75, 3.05) is 5.32 Å². The fourth-order valence-corrected chi connectivity index (χ4v) is 3.43. The van der Waals surface area contributed by atoms with Crippen LogP contribution in [0.2, 0.25) is 0 Å². The molecule has 0 fully saturated rings. The molecule has 31 heavy (non-hydrogen) atoms. The van der Waals surface area contributed by atoms with Crippen LogP contribution in [0, 0.1) is 0 Å². The molecule has 0 aliphatic heterocycles. The number of aromatic amines is 1. The van der Waals surface area contributed by atoms with Crippen LogP contribution in [0.1, 0.15) is 33.2 Å². The number of hydrogen-bond donors (Lipinski definition) is 2. The number of benzene rings is 3. The number of hydrogen-bond acceptors (Lipinski definition) is 4. The van der Waals surface area contributed by atoms with E-state index in [1.54, 1.807) is 67.6 Å². The van der Waals surface area contributed by atoms with E-state index >= 15 is 0 Å². The fourth-order valence-electron chi connectivity index (χ4n) is 3.43. The highest BCUT2D eigenvalue weighted by atomic mass is 16.2. The Balaban J connectivity index is 1.62. The summed E-state index contributed by atoms with van der Waals surface area (Å²) in [5, 5.41) is 2.77. The number of carbonyl (C=O) groups is 2. The van der Waals surface area contributed by atoms with Crippen LogP contribution in [-0.4, -0.2) is 21.2 Å². The molecule has 1 heterocycles. The normalized spacial score (nSPS) is 10.7. The maximum absolute atomic E-state index is 12.8. The lowest BCUT2D eigenvalue weighted by molar-refractivity contribution is 0.102. The molecule has 154 valence electrons. The van der Waals surface area contributed by atoms with Crippen LogP contribution in [-0.2, 0) is 6.54 Å². The van der Waals surface area contributed by atoms with Gasteiger partial charge in [0.15, 0.2) is 5.78 Å². The van der Waals surface area contributed by atoms with Crippen molar-refractivity contribution in [1.29, 1.82) is 0 Å². The van der Waals surface area contributed by atoms with Crippen molar-refractivity contribution in [3.05, 3.63) is 110 Å². The summed E-state index contributed by atoms with van der Waals surface area (Å²) in [6.45, 7) is 2.11. The number of anilines is 1. The molecule has 4 rings (SSSR count). The maximum Gasteiger partial charge on any atom is 0.316 e. The predicted molar refractivity (Wildman–Crippen MR) is 119 cm³/mol. The van der Waals surface area contributed by atoms with E-state index in [0.29, 0.717) is 40.0 Å². The van der Waals surface area contributed by atoms with Crippen molar-refractivity contribution >= 4 is 28.4 Å². The van der Waals surface area contributed by atoms with Gasteiger partial charge in [-0.1, -0.05) is 42.5 Å². The van der Waals surface area contributed by atoms with Crippen molar-refractivity contribution in [2.24, 2.45) is 0 Å². The molecule has 7 nitrogen and oxygen atoms in total. The monoisotopic (exact) mass is 413 g/mol. The van der Waals surface area contributed by atoms with E-state index in [9.17, 15) is 19.2 Å². The zero-order valence-corrected chi connectivity index (χ0v) is 16.7. The third-order valence-electron chi connectivity index (χ3n) is 4.97. The number of ketones is 1. The fraction of sp³-hybridized carbons (Fsp3) is 0.0833. The van der Waals surface area contributed by atoms with Gasteiger partial charge >= 0.3 is 11.1 Å². The SMILES string of the molecule is CCn1c(=O)c(=O)[nH]c2cc(C(=O)Nc3cccc(C(=O)c4ccccc4)c3)ccc21. The first-order valence-corrected chi connectivity index (χ1v) is 9.76. The van der Waals surface area contributed by atoms with Crippen LogP contribution in [0.25, 0.3) is 11.0 Å². The minimum absolute atomic E-state index is 0.141. The molecule has 0 saturated carbocycles. The van der Waals surface area contributed by atoms with Crippen molar-refractivity contribution < 1.29 is 9.59 Å². The van der Waals surface area contributed by atoms with Gasteiger partial charge in [-0.05, 0) is 37.3 Å². The topological polar surface area (TPSA) is 101 Å². The smallest absolute Gasteiger partial charge is 0.316 e. The molecule has 0 aliphatic rings. The zero-order valence-electron chi connectivity index (χ0n) is 16.7. The minimum Gasteiger partial charge on any atom is -0.322 e. The molecule has 0 unspecified atom stereocenters. The average Bonchev–Trinajstić information content (AvgIpc) is 2.80. The van der Waals surface area contributed by atoms with Gasteiger partial charge in [0.05, 0.1) is 11.0 Å². The Labute approximate surface area is 177 Å².